The second kappa shape index (κ2) is 5.35. The van der Waals surface area contributed by atoms with Crippen LogP contribution >= 0.6 is 22.9 Å². The number of sulfonamides is 1. The molecule has 6 nitrogen and oxygen atoms in total. The van der Waals surface area contributed by atoms with Crippen molar-refractivity contribution in [2.75, 3.05) is 0 Å². The van der Waals surface area contributed by atoms with Crippen molar-refractivity contribution < 1.29 is 8.42 Å². The highest BCUT2D eigenvalue weighted by molar-refractivity contribution is 7.91. The van der Waals surface area contributed by atoms with Crippen molar-refractivity contribution in [3.05, 3.63) is 29.4 Å². The molecule has 1 unspecified atom stereocenters. The van der Waals surface area contributed by atoms with E-state index in [-0.39, 0.29) is 14.7 Å². The summed E-state index contributed by atoms with van der Waals surface area (Å²) in [6, 6.07) is -0.259. The highest BCUT2D eigenvalue weighted by Gasteiger charge is 2.20. The van der Waals surface area contributed by atoms with Gasteiger partial charge >= 0.3 is 0 Å². The summed E-state index contributed by atoms with van der Waals surface area (Å²) in [6.45, 7) is 2.28. The number of imidazole rings is 1. The first-order valence-corrected chi connectivity index (χ1v) is 7.74. The fraction of sp³-hybridized carbons (Fsp3) is 0.333. The maximum atomic E-state index is 12.0. The van der Waals surface area contributed by atoms with Gasteiger partial charge in [-0.1, -0.05) is 22.9 Å². The van der Waals surface area contributed by atoms with Crippen molar-refractivity contribution in [3.8, 4) is 0 Å². The Hall–Kier alpha value is -0.960. The molecule has 0 amide bonds. The van der Waals surface area contributed by atoms with Gasteiger partial charge in [-0.25, -0.2) is 23.1 Å². The summed E-state index contributed by atoms with van der Waals surface area (Å²) in [6.07, 6.45) is 6.30. The summed E-state index contributed by atoms with van der Waals surface area (Å²) in [5.41, 5.74) is 0. The Morgan fingerprint density at radius 1 is 1.61 bits per heavy atom. The number of hydrogen-bond acceptors (Lipinski definition) is 5. The van der Waals surface area contributed by atoms with E-state index in [1.54, 1.807) is 30.2 Å². The summed E-state index contributed by atoms with van der Waals surface area (Å²) in [4.78, 5) is 7.61. The van der Waals surface area contributed by atoms with Crippen molar-refractivity contribution >= 4 is 33.0 Å². The highest BCUT2D eigenvalue weighted by Crippen LogP contribution is 2.22. The first kappa shape index (κ1) is 13.5. The van der Waals surface area contributed by atoms with Crippen LogP contribution in [0, 0.1) is 0 Å². The Labute approximate surface area is 114 Å². The lowest BCUT2D eigenvalue weighted by Crippen LogP contribution is -2.35. The third-order valence-corrected chi connectivity index (χ3v) is 5.29. The normalized spacial score (nSPS) is 13.7. The van der Waals surface area contributed by atoms with Crippen LogP contribution in [0.2, 0.25) is 4.47 Å². The van der Waals surface area contributed by atoms with Crippen LogP contribution in [0.5, 0.6) is 0 Å². The standard InChI is InChI=1S/C9H11ClN4O2S2/c1-7(5-14-3-2-11-6-14)13-18(15,16)8-4-12-9(10)17-8/h2-4,6-7,13H,5H2,1H3. The molecule has 0 aromatic carbocycles. The average Bonchev–Trinajstić information content (AvgIpc) is 2.88. The first-order valence-electron chi connectivity index (χ1n) is 5.07. The number of rotatable bonds is 5. The van der Waals surface area contributed by atoms with Gasteiger partial charge in [-0.05, 0) is 6.92 Å². The molecule has 2 aromatic heterocycles. The summed E-state index contributed by atoms with van der Waals surface area (Å²) < 4.78 is 28.6. The van der Waals surface area contributed by atoms with Crippen molar-refractivity contribution in [1.29, 1.82) is 0 Å². The van der Waals surface area contributed by atoms with E-state index in [1.165, 1.54) is 6.20 Å². The first-order chi connectivity index (χ1) is 8.47. The van der Waals surface area contributed by atoms with Crippen LogP contribution in [-0.4, -0.2) is 29.0 Å². The largest absolute Gasteiger partial charge is 0.336 e. The van der Waals surface area contributed by atoms with Crippen molar-refractivity contribution in [1.82, 2.24) is 19.3 Å². The number of thiazole rings is 1. The number of hydrogen-bond donors (Lipinski definition) is 1. The molecule has 9 heteroatoms. The molecule has 0 saturated carbocycles. The number of aromatic nitrogens is 3. The smallest absolute Gasteiger partial charge is 0.252 e. The Kier molecular flexibility index (Phi) is 4.00. The molecule has 0 radical (unpaired) electrons. The third kappa shape index (κ3) is 3.29. The van der Waals surface area contributed by atoms with Gasteiger partial charge in [0.05, 0.1) is 12.5 Å². The van der Waals surface area contributed by atoms with Crippen LogP contribution in [0.25, 0.3) is 0 Å². The van der Waals surface area contributed by atoms with E-state index in [0.29, 0.717) is 6.54 Å². The minimum atomic E-state index is -3.55. The molecule has 0 fully saturated rings. The van der Waals surface area contributed by atoms with Gasteiger partial charge in [0.2, 0.25) is 0 Å². The van der Waals surface area contributed by atoms with Gasteiger partial charge in [0.15, 0.2) is 8.68 Å². The Morgan fingerprint density at radius 3 is 2.94 bits per heavy atom. The van der Waals surface area contributed by atoms with E-state index in [2.05, 4.69) is 14.7 Å². The quantitative estimate of drug-likeness (QED) is 0.905. The van der Waals surface area contributed by atoms with Gasteiger partial charge in [0.25, 0.3) is 10.0 Å². The minimum absolute atomic E-state index is 0.116. The van der Waals surface area contributed by atoms with E-state index in [4.69, 9.17) is 11.6 Å². The fourth-order valence-corrected chi connectivity index (χ4v) is 3.98. The predicted octanol–water partition coefficient (Wildman–Crippen LogP) is 1.36. The third-order valence-electron chi connectivity index (χ3n) is 2.12. The van der Waals surface area contributed by atoms with Gasteiger partial charge < -0.3 is 4.57 Å². The van der Waals surface area contributed by atoms with Crippen LogP contribution in [-0.2, 0) is 16.6 Å². The van der Waals surface area contributed by atoms with Crippen molar-refractivity contribution in [2.45, 2.75) is 23.7 Å². The number of halogens is 1. The summed E-state index contributed by atoms with van der Waals surface area (Å²) in [5.74, 6) is 0. The van der Waals surface area contributed by atoms with Crippen LogP contribution in [0.15, 0.2) is 29.1 Å². The van der Waals surface area contributed by atoms with E-state index >= 15 is 0 Å². The molecule has 1 N–H and O–H groups in total. The lowest BCUT2D eigenvalue weighted by Gasteiger charge is -2.13. The van der Waals surface area contributed by atoms with Gasteiger partial charge in [-0.3, -0.25) is 0 Å². The second-order valence-electron chi connectivity index (χ2n) is 3.71. The fourth-order valence-electron chi connectivity index (χ4n) is 1.43. The molecule has 2 aromatic rings. The lowest BCUT2D eigenvalue weighted by atomic mass is 10.4. The average molecular weight is 307 g/mol. The number of nitrogens with zero attached hydrogens (tertiary/aromatic N) is 3. The predicted molar refractivity (Wildman–Crippen MR) is 69.1 cm³/mol. The molecule has 2 heterocycles. The minimum Gasteiger partial charge on any atom is -0.336 e. The molecule has 0 aliphatic heterocycles. The maximum absolute atomic E-state index is 12.0. The van der Waals surface area contributed by atoms with Gasteiger partial charge in [-0.15, -0.1) is 0 Å². The molecule has 0 aliphatic rings. The Bertz CT molecular complexity index is 608. The monoisotopic (exact) mass is 306 g/mol. The maximum Gasteiger partial charge on any atom is 0.252 e. The van der Waals surface area contributed by atoms with Crippen molar-refractivity contribution in [2.24, 2.45) is 0 Å². The molecule has 18 heavy (non-hydrogen) atoms. The van der Waals surface area contributed by atoms with Crippen LogP contribution in [0.4, 0.5) is 0 Å². The molecule has 2 rings (SSSR count). The summed E-state index contributed by atoms with van der Waals surface area (Å²) in [7, 11) is -3.55. The Balaban J connectivity index is 2.04. The van der Waals surface area contributed by atoms with E-state index in [1.807, 2.05) is 0 Å². The molecular formula is C9H11ClN4O2S2. The highest BCUT2D eigenvalue weighted by atomic mass is 35.5. The van der Waals surface area contributed by atoms with Crippen LogP contribution < -0.4 is 4.72 Å². The summed E-state index contributed by atoms with van der Waals surface area (Å²) in [5, 5.41) is 0. The zero-order valence-corrected chi connectivity index (χ0v) is 11.8. The van der Waals surface area contributed by atoms with E-state index < -0.39 is 10.0 Å². The molecule has 0 aliphatic carbocycles. The van der Waals surface area contributed by atoms with Crippen LogP contribution in [0.1, 0.15) is 6.92 Å². The molecular weight excluding hydrogens is 296 g/mol. The van der Waals surface area contributed by atoms with Gasteiger partial charge in [0, 0.05) is 25.0 Å². The molecule has 0 saturated heterocycles. The van der Waals surface area contributed by atoms with E-state index in [9.17, 15) is 8.42 Å². The lowest BCUT2D eigenvalue weighted by molar-refractivity contribution is 0.521. The Morgan fingerprint density at radius 2 is 2.39 bits per heavy atom. The summed E-state index contributed by atoms with van der Waals surface area (Å²) >= 11 is 6.55. The van der Waals surface area contributed by atoms with Crippen LogP contribution in [0.3, 0.4) is 0 Å². The second-order valence-corrected chi connectivity index (χ2v) is 7.27. The SMILES string of the molecule is CC(Cn1ccnc1)NS(=O)(=O)c1cnc(Cl)s1. The number of nitrogens with one attached hydrogen (secondary N) is 1. The van der Waals surface area contributed by atoms with Crippen molar-refractivity contribution in [3.63, 3.8) is 0 Å². The van der Waals surface area contributed by atoms with Gasteiger partial charge in [-0.2, -0.15) is 0 Å². The van der Waals surface area contributed by atoms with Gasteiger partial charge in [0.1, 0.15) is 0 Å². The zero-order valence-electron chi connectivity index (χ0n) is 9.45. The zero-order chi connectivity index (χ0) is 13.2. The molecule has 98 valence electrons. The molecule has 0 bridgehead atoms. The van der Waals surface area contributed by atoms with E-state index in [0.717, 1.165) is 11.3 Å². The molecule has 0 spiro atoms. The topological polar surface area (TPSA) is 76.9 Å². The molecule has 1 atom stereocenters.